The molecule has 0 aromatic heterocycles. The van der Waals surface area contributed by atoms with Crippen molar-refractivity contribution >= 4 is 17.4 Å². The fraction of sp³-hybridized carbons (Fsp3) is 0.222. The van der Waals surface area contributed by atoms with Crippen molar-refractivity contribution in [3.63, 3.8) is 0 Å². The summed E-state index contributed by atoms with van der Waals surface area (Å²) in [4.78, 5) is 0. The second kappa shape index (κ2) is 4.67. The van der Waals surface area contributed by atoms with Crippen molar-refractivity contribution < 1.29 is 9.47 Å². The molecule has 2 N–H and O–H groups in total. The monoisotopic (exact) mass is 197 g/mol. The number of ether oxygens (including phenoxy) is 2. The molecule has 0 saturated heterocycles. The average molecular weight is 197 g/mol. The normalized spacial score (nSPS) is 9.31. The lowest BCUT2D eigenvalue weighted by atomic mass is 10.2. The summed E-state index contributed by atoms with van der Waals surface area (Å²) in [5, 5.41) is 0.0656. The first-order valence-corrected chi connectivity index (χ1v) is 4.18. The summed E-state index contributed by atoms with van der Waals surface area (Å²) in [7, 11) is 1.63. The van der Waals surface area contributed by atoms with E-state index in [0.29, 0.717) is 6.61 Å². The van der Waals surface area contributed by atoms with Crippen LogP contribution in [-0.2, 0) is 11.3 Å². The van der Waals surface area contributed by atoms with Crippen LogP contribution in [0.3, 0.4) is 0 Å². The van der Waals surface area contributed by atoms with Crippen LogP contribution in [0.2, 0.25) is 0 Å². The number of hydrogen-bond donors (Lipinski definition) is 1. The minimum atomic E-state index is 0.0656. The second-order valence-corrected chi connectivity index (χ2v) is 2.86. The topological polar surface area (TPSA) is 44.5 Å². The van der Waals surface area contributed by atoms with Crippen molar-refractivity contribution in [3.05, 3.63) is 29.8 Å². The fourth-order valence-electron chi connectivity index (χ4n) is 0.876. The lowest BCUT2D eigenvalue weighted by Gasteiger charge is -2.04. The van der Waals surface area contributed by atoms with Crippen LogP contribution in [0.15, 0.2) is 24.3 Å². The highest BCUT2D eigenvalue weighted by Crippen LogP contribution is 2.11. The first-order chi connectivity index (χ1) is 6.22. The largest absolute Gasteiger partial charge is 0.497 e. The summed E-state index contributed by atoms with van der Waals surface area (Å²) in [6.07, 6.45) is 0. The molecule has 0 bridgehead atoms. The lowest BCUT2D eigenvalue weighted by Crippen LogP contribution is -2.12. The van der Waals surface area contributed by atoms with Gasteiger partial charge < -0.3 is 15.2 Å². The number of hydrogen-bond acceptors (Lipinski definition) is 3. The summed E-state index contributed by atoms with van der Waals surface area (Å²) in [5.41, 5.74) is 6.19. The van der Waals surface area contributed by atoms with E-state index in [4.69, 9.17) is 15.2 Å². The number of benzene rings is 1. The number of nitrogens with two attached hydrogens (primary N) is 1. The zero-order chi connectivity index (χ0) is 9.68. The van der Waals surface area contributed by atoms with Gasteiger partial charge in [-0.2, -0.15) is 0 Å². The molecule has 1 aromatic rings. The molecule has 4 heteroatoms. The zero-order valence-corrected chi connectivity index (χ0v) is 8.14. The molecule has 13 heavy (non-hydrogen) atoms. The molecule has 3 nitrogen and oxygen atoms in total. The van der Waals surface area contributed by atoms with Crippen LogP contribution in [0.1, 0.15) is 5.56 Å². The molecule has 0 radical (unpaired) electrons. The molecule has 0 aliphatic heterocycles. The second-order valence-electron chi connectivity index (χ2n) is 2.46. The van der Waals surface area contributed by atoms with E-state index in [2.05, 4.69) is 12.2 Å². The third-order valence-electron chi connectivity index (χ3n) is 1.54. The van der Waals surface area contributed by atoms with Gasteiger partial charge in [-0.3, -0.25) is 0 Å². The summed E-state index contributed by atoms with van der Waals surface area (Å²) < 4.78 is 9.97. The van der Waals surface area contributed by atoms with Gasteiger partial charge in [0.1, 0.15) is 12.4 Å². The van der Waals surface area contributed by atoms with E-state index in [0.717, 1.165) is 11.3 Å². The Kier molecular flexibility index (Phi) is 3.52. The van der Waals surface area contributed by atoms with E-state index < -0.39 is 0 Å². The fourth-order valence-corrected chi connectivity index (χ4v) is 0.935. The highest BCUT2D eigenvalue weighted by Gasteiger charge is 1.95. The van der Waals surface area contributed by atoms with Crippen LogP contribution in [0.5, 0.6) is 5.75 Å². The molecule has 70 valence electrons. The van der Waals surface area contributed by atoms with Crippen molar-refractivity contribution in [2.45, 2.75) is 6.61 Å². The van der Waals surface area contributed by atoms with Crippen molar-refractivity contribution in [1.29, 1.82) is 0 Å². The van der Waals surface area contributed by atoms with E-state index in [1.807, 2.05) is 24.3 Å². The van der Waals surface area contributed by atoms with E-state index in [-0.39, 0.29) is 5.17 Å². The Labute approximate surface area is 82.5 Å². The molecule has 0 atom stereocenters. The molecule has 0 fully saturated rings. The van der Waals surface area contributed by atoms with Crippen LogP contribution < -0.4 is 10.5 Å². The highest BCUT2D eigenvalue weighted by atomic mass is 32.1. The molecule has 0 unspecified atom stereocenters. The quantitative estimate of drug-likeness (QED) is 0.745. The Morgan fingerprint density at radius 2 is 2.00 bits per heavy atom. The Morgan fingerprint density at radius 3 is 2.46 bits per heavy atom. The Hall–Kier alpha value is -1.29. The molecule has 0 heterocycles. The third-order valence-corrected chi connectivity index (χ3v) is 1.66. The van der Waals surface area contributed by atoms with E-state index in [1.54, 1.807) is 7.11 Å². The molecule has 1 aromatic carbocycles. The number of thiocarbonyl (C=S) groups is 1. The predicted molar refractivity (Wildman–Crippen MR) is 54.6 cm³/mol. The van der Waals surface area contributed by atoms with Gasteiger partial charge in [-0.05, 0) is 29.9 Å². The van der Waals surface area contributed by atoms with Crippen LogP contribution in [0.25, 0.3) is 0 Å². The zero-order valence-electron chi connectivity index (χ0n) is 7.32. The number of methoxy groups -OCH3 is 1. The average Bonchev–Trinajstić information content (AvgIpc) is 2.15. The van der Waals surface area contributed by atoms with Gasteiger partial charge in [0.05, 0.1) is 7.11 Å². The highest BCUT2D eigenvalue weighted by molar-refractivity contribution is 7.80. The van der Waals surface area contributed by atoms with Gasteiger partial charge in [0, 0.05) is 0 Å². The molecule has 1 rings (SSSR count). The maximum atomic E-state index is 5.18. The van der Waals surface area contributed by atoms with Crippen LogP contribution in [0.4, 0.5) is 0 Å². The Balaban J connectivity index is 2.54. The summed E-state index contributed by atoms with van der Waals surface area (Å²) in [6.45, 7) is 0.402. The number of rotatable bonds is 3. The van der Waals surface area contributed by atoms with E-state index in [9.17, 15) is 0 Å². The van der Waals surface area contributed by atoms with Crippen LogP contribution in [0, 0.1) is 0 Å². The van der Waals surface area contributed by atoms with Crippen molar-refractivity contribution in [2.75, 3.05) is 7.11 Å². The Morgan fingerprint density at radius 1 is 1.38 bits per heavy atom. The molecular weight excluding hydrogens is 186 g/mol. The van der Waals surface area contributed by atoms with Gasteiger partial charge in [-0.15, -0.1) is 0 Å². The third kappa shape index (κ3) is 3.29. The van der Waals surface area contributed by atoms with Gasteiger partial charge in [0.2, 0.25) is 0 Å². The van der Waals surface area contributed by atoms with Gasteiger partial charge in [0.25, 0.3) is 5.17 Å². The molecular formula is C9H11NO2S. The van der Waals surface area contributed by atoms with Crippen LogP contribution >= 0.6 is 12.2 Å². The minimum absolute atomic E-state index is 0.0656. The SMILES string of the molecule is COc1ccc(COC(N)=S)cc1. The first kappa shape index (κ1) is 9.80. The first-order valence-electron chi connectivity index (χ1n) is 3.77. The standard InChI is InChI=1S/C9H11NO2S/c1-11-8-4-2-7(3-5-8)6-12-9(10)13/h2-5H,6H2,1H3,(H2,10,13). The molecule has 0 spiro atoms. The smallest absolute Gasteiger partial charge is 0.254 e. The maximum absolute atomic E-state index is 5.18. The molecule has 0 aliphatic carbocycles. The van der Waals surface area contributed by atoms with Crippen LogP contribution in [-0.4, -0.2) is 12.3 Å². The van der Waals surface area contributed by atoms with Gasteiger partial charge in [-0.25, -0.2) is 0 Å². The maximum Gasteiger partial charge on any atom is 0.254 e. The summed E-state index contributed by atoms with van der Waals surface area (Å²) >= 11 is 4.57. The Bertz CT molecular complexity index is 284. The van der Waals surface area contributed by atoms with Crippen molar-refractivity contribution in [2.24, 2.45) is 5.73 Å². The molecule has 0 saturated carbocycles. The lowest BCUT2D eigenvalue weighted by molar-refractivity contribution is 0.296. The molecule has 0 aliphatic rings. The molecule has 0 amide bonds. The summed E-state index contributed by atoms with van der Waals surface area (Å²) in [5.74, 6) is 0.819. The van der Waals surface area contributed by atoms with Crippen molar-refractivity contribution in [1.82, 2.24) is 0 Å². The minimum Gasteiger partial charge on any atom is -0.497 e. The van der Waals surface area contributed by atoms with E-state index >= 15 is 0 Å². The van der Waals surface area contributed by atoms with E-state index in [1.165, 1.54) is 0 Å². The summed E-state index contributed by atoms with van der Waals surface area (Å²) in [6, 6.07) is 7.52. The van der Waals surface area contributed by atoms with Gasteiger partial charge >= 0.3 is 0 Å². The van der Waals surface area contributed by atoms with Gasteiger partial charge in [-0.1, -0.05) is 12.1 Å². The van der Waals surface area contributed by atoms with Gasteiger partial charge in [0.15, 0.2) is 0 Å². The van der Waals surface area contributed by atoms with Crippen molar-refractivity contribution in [3.8, 4) is 5.75 Å². The predicted octanol–water partition coefficient (Wildman–Crippen LogP) is 1.46.